The molecule has 15 heavy (non-hydrogen) atoms. The fourth-order valence-electron chi connectivity index (χ4n) is 0.748. The Hall–Kier alpha value is -0.920. The Bertz CT molecular complexity index is 173. The molecule has 0 bridgehead atoms. The van der Waals surface area contributed by atoms with Crippen LogP contribution in [-0.4, -0.2) is 12.1 Å². The second-order valence-corrected chi connectivity index (χ2v) is 3.65. The van der Waals surface area contributed by atoms with E-state index in [0.29, 0.717) is 6.42 Å². The lowest BCUT2D eigenvalue weighted by Gasteiger charge is -1.91. The number of aldehydes is 1. The first-order chi connectivity index (χ1) is 7.12. The van der Waals surface area contributed by atoms with Crippen LogP contribution in [0.15, 0.2) is 12.7 Å². The van der Waals surface area contributed by atoms with Gasteiger partial charge in [0.25, 0.3) is 0 Å². The molecule has 0 aliphatic heterocycles. The van der Waals surface area contributed by atoms with Crippen molar-refractivity contribution in [3.05, 3.63) is 12.7 Å². The summed E-state index contributed by atoms with van der Waals surface area (Å²) in [5, 5.41) is 0. The van der Waals surface area contributed by atoms with Crippen LogP contribution in [0, 0.1) is 5.92 Å². The van der Waals surface area contributed by atoms with Crippen molar-refractivity contribution in [3.63, 3.8) is 0 Å². The zero-order valence-electron chi connectivity index (χ0n) is 10.3. The summed E-state index contributed by atoms with van der Waals surface area (Å²) in [5.74, 6) is 0.424. The average Bonchev–Trinajstić information content (AvgIpc) is 2.28. The summed E-state index contributed by atoms with van der Waals surface area (Å²) >= 11 is 0. The Morgan fingerprint density at radius 2 is 1.93 bits per heavy atom. The van der Waals surface area contributed by atoms with Crippen molar-refractivity contribution in [1.29, 1.82) is 0 Å². The van der Waals surface area contributed by atoms with Crippen molar-refractivity contribution in [2.75, 3.05) is 0 Å². The molecule has 0 radical (unpaired) electrons. The summed E-state index contributed by atoms with van der Waals surface area (Å²) in [6, 6.07) is 0. The Kier molecular flexibility index (Phi) is 14.4. The molecule has 2 heteroatoms. The minimum absolute atomic E-state index is 0.170. The Balaban J connectivity index is 0. The maximum atomic E-state index is 10.6. The molecular weight excluding hydrogens is 188 g/mol. The summed E-state index contributed by atoms with van der Waals surface area (Å²) in [5.41, 5.74) is 0. The van der Waals surface area contributed by atoms with Gasteiger partial charge in [0.2, 0.25) is 0 Å². The van der Waals surface area contributed by atoms with Crippen LogP contribution in [0.3, 0.4) is 0 Å². The van der Waals surface area contributed by atoms with Gasteiger partial charge in [0.05, 0.1) is 0 Å². The molecule has 0 heterocycles. The minimum Gasteiger partial charge on any atom is -0.303 e. The van der Waals surface area contributed by atoms with E-state index in [9.17, 15) is 9.59 Å². The van der Waals surface area contributed by atoms with E-state index in [-0.39, 0.29) is 11.7 Å². The van der Waals surface area contributed by atoms with Crippen LogP contribution >= 0.6 is 0 Å². The molecule has 0 saturated carbocycles. The summed E-state index contributed by atoms with van der Waals surface area (Å²) in [7, 11) is 0. The molecule has 0 saturated heterocycles. The minimum atomic E-state index is 0.170. The van der Waals surface area contributed by atoms with Crippen LogP contribution in [0.1, 0.15) is 52.9 Å². The number of hydrogen-bond donors (Lipinski definition) is 0. The molecule has 1 atom stereocenters. The van der Waals surface area contributed by atoms with Crippen LogP contribution in [0.2, 0.25) is 0 Å². The highest BCUT2D eigenvalue weighted by Crippen LogP contribution is 1.99. The van der Waals surface area contributed by atoms with E-state index in [2.05, 4.69) is 13.5 Å². The van der Waals surface area contributed by atoms with E-state index < -0.39 is 0 Å². The monoisotopic (exact) mass is 212 g/mol. The van der Waals surface area contributed by atoms with Crippen LogP contribution in [0.5, 0.6) is 0 Å². The third-order valence-electron chi connectivity index (χ3n) is 2.13. The first-order valence-electron chi connectivity index (χ1n) is 5.72. The standard InChI is InChI=1S/C8H14O.C5H10O/c1-3-5-6-7-8(9)4-2;1-3-5(2)4-6/h4H,2-3,5-7H2,1H3;4-5H,3H2,1-2H3. The molecule has 0 spiro atoms. The van der Waals surface area contributed by atoms with Gasteiger partial charge in [0.1, 0.15) is 6.29 Å². The Morgan fingerprint density at radius 3 is 2.20 bits per heavy atom. The van der Waals surface area contributed by atoms with E-state index in [1.54, 1.807) is 0 Å². The van der Waals surface area contributed by atoms with E-state index in [4.69, 9.17) is 0 Å². The highest BCUT2D eigenvalue weighted by molar-refractivity contribution is 5.88. The summed E-state index contributed by atoms with van der Waals surface area (Å²) in [6.07, 6.45) is 7.35. The second-order valence-electron chi connectivity index (χ2n) is 3.65. The summed E-state index contributed by atoms with van der Waals surface area (Å²) < 4.78 is 0. The van der Waals surface area contributed by atoms with Gasteiger partial charge in [-0.1, -0.05) is 40.2 Å². The fraction of sp³-hybridized carbons (Fsp3) is 0.692. The normalized spacial score (nSPS) is 10.9. The van der Waals surface area contributed by atoms with Gasteiger partial charge < -0.3 is 4.79 Å². The van der Waals surface area contributed by atoms with Crippen LogP contribution in [0.4, 0.5) is 0 Å². The lowest BCUT2D eigenvalue weighted by molar-refractivity contribution is -0.114. The van der Waals surface area contributed by atoms with Gasteiger partial charge in [0.15, 0.2) is 5.78 Å². The zero-order valence-corrected chi connectivity index (χ0v) is 10.3. The maximum Gasteiger partial charge on any atom is 0.155 e. The lowest BCUT2D eigenvalue weighted by atomic mass is 10.1. The maximum absolute atomic E-state index is 10.6. The topological polar surface area (TPSA) is 34.1 Å². The predicted octanol–water partition coefficient (Wildman–Crippen LogP) is 3.55. The molecule has 0 aliphatic rings. The second kappa shape index (κ2) is 13.1. The molecule has 2 nitrogen and oxygen atoms in total. The molecule has 0 N–H and O–H groups in total. The molecule has 0 fully saturated rings. The number of ketones is 1. The number of allylic oxidation sites excluding steroid dienone is 1. The van der Waals surface area contributed by atoms with Gasteiger partial charge in [-0.2, -0.15) is 0 Å². The van der Waals surface area contributed by atoms with Gasteiger partial charge in [-0.15, -0.1) is 0 Å². The number of carbonyl (C=O) groups is 2. The molecule has 0 aromatic heterocycles. The van der Waals surface area contributed by atoms with E-state index in [0.717, 1.165) is 25.5 Å². The number of unbranched alkanes of at least 4 members (excludes halogenated alkanes) is 2. The smallest absolute Gasteiger partial charge is 0.155 e. The van der Waals surface area contributed by atoms with Gasteiger partial charge >= 0.3 is 0 Å². The molecule has 0 rings (SSSR count). The van der Waals surface area contributed by atoms with Crippen molar-refractivity contribution >= 4 is 12.1 Å². The molecule has 0 aromatic rings. The van der Waals surface area contributed by atoms with Gasteiger partial charge in [0, 0.05) is 12.3 Å². The average molecular weight is 212 g/mol. The number of hydrogen-bond acceptors (Lipinski definition) is 2. The third kappa shape index (κ3) is 15.8. The third-order valence-corrected chi connectivity index (χ3v) is 2.13. The highest BCUT2D eigenvalue weighted by atomic mass is 16.1. The van der Waals surface area contributed by atoms with E-state index in [1.807, 2.05) is 13.8 Å². The van der Waals surface area contributed by atoms with E-state index >= 15 is 0 Å². The van der Waals surface area contributed by atoms with E-state index in [1.165, 1.54) is 12.5 Å². The van der Waals surface area contributed by atoms with Crippen LogP contribution in [0.25, 0.3) is 0 Å². The number of rotatable bonds is 7. The quantitative estimate of drug-likeness (QED) is 0.367. The van der Waals surface area contributed by atoms with Crippen molar-refractivity contribution in [2.45, 2.75) is 52.9 Å². The van der Waals surface area contributed by atoms with Crippen molar-refractivity contribution < 1.29 is 9.59 Å². The fourth-order valence-corrected chi connectivity index (χ4v) is 0.748. The van der Waals surface area contributed by atoms with Crippen LogP contribution < -0.4 is 0 Å². The first kappa shape index (κ1) is 16.5. The lowest BCUT2D eigenvalue weighted by Crippen LogP contribution is -1.90. The molecule has 0 aromatic carbocycles. The Labute approximate surface area is 93.8 Å². The van der Waals surface area contributed by atoms with Gasteiger partial charge in [-0.25, -0.2) is 0 Å². The van der Waals surface area contributed by atoms with Crippen molar-refractivity contribution in [3.8, 4) is 0 Å². The van der Waals surface area contributed by atoms with Crippen molar-refractivity contribution in [1.82, 2.24) is 0 Å². The molecule has 0 amide bonds. The highest BCUT2D eigenvalue weighted by Gasteiger charge is 1.92. The zero-order chi connectivity index (χ0) is 12.1. The van der Waals surface area contributed by atoms with Gasteiger partial charge in [-0.3, -0.25) is 4.79 Å². The molecule has 88 valence electrons. The molecule has 0 aliphatic carbocycles. The molecular formula is C13H24O2. The SMILES string of the molecule is C=CC(=O)CCCCC.CCC(C)C=O. The number of carbonyl (C=O) groups excluding carboxylic acids is 2. The summed E-state index contributed by atoms with van der Waals surface area (Å²) in [4.78, 5) is 20.3. The summed E-state index contributed by atoms with van der Waals surface area (Å²) in [6.45, 7) is 9.42. The first-order valence-corrected chi connectivity index (χ1v) is 5.72. The Morgan fingerprint density at radius 1 is 1.33 bits per heavy atom. The molecule has 1 unspecified atom stereocenters. The van der Waals surface area contributed by atoms with Gasteiger partial charge in [-0.05, 0) is 18.9 Å². The largest absolute Gasteiger partial charge is 0.303 e. The van der Waals surface area contributed by atoms with Crippen molar-refractivity contribution in [2.24, 2.45) is 5.92 Å². The predicted molar refractivity (Wildman–Crippen MR) is 64.9 cm³/mol. The van der Waals surface area contributed by atoms with Crippen LogP contribution in [-0.2, 0) is 9.59 Å².